The Morgan fingerprint density at radius 1 is 1.26 bits per heavy atom. The standard InChI is InChI=1S/C20H24ClFN5O6P/c1-10(11-5-2-3-6-12(11)22)24-17-14-18(26-20(21)25-17)27(9-23-14)19-16(29)15(28)13(33-19)7-4-8-34(30,31)32/h2-3,5-6,9-10,13,15-16,19,28-29H,4,7-8H2,1H3,(H,24,25,26)(H2,30,31,32)/t10-,13+,15?,16?,19+/m0/s1. The third-order valence-electron chi connectivity index (χ3n) is 5.67. The van der Waals surface area contributed by atoms with E-state index in [9.17, 15) is 19.2 Å². The number of aromatic nitrogens is 4. The van der Waals surface area contributed by atoms with Crippen LogP contribution in [-0.2, 0) is 9.30 Å². The van der Waals surface area contributed by atoms with Gasteiger partial charge in [-0.25, -0.2) is 9.37 Å². The number of rotatable bonds is 8. The number of nitrogens with one attached hydrogen (secondary N) is 1. The van der Waals surface area contributed by atoms with Crippen molar-refractivity contribution in [1.82, 2.24) is 19.5 Å². The number of ether oxygens (including phenoxy) is 1. The summed E-state index contributed by atoms with van der Waals surface area (Å²) < 4.78 is 32.5. The van der Waals surface area contributed by atoms with E-state index in [0.717, 1.165) is 0 Å². The lowest BCUT2D eigenvalue weighted by Crippen LogP contribution is -2.31. The average molecular weight is 516 g/mol. The number of aliphatic hydroxyl groups excluding tert-OH is 2. The Labute approximate surface area is 198 Å². The first kappa shape index (κ1) is 24.9. The molecule has 0 aliphatic carbocycles. The zero-order valence-electron chi connectivity index (χ0n) is 18.0. The molecule has 0 bridgehead atoms. The van der Waals surface area contributed by atoms with E-state index < -0.39 is 38.2 Å². The lowest BCUT2D eigenvalue weighted by molar-refractivity contribution is -0.0370. The zero-order valence-corrected chi connectivity index (χ0v) is 19.6. The summed E-state index contributed by atoms with van der Waals surface area (Å²) in [5.41, 5.74) is 0.929. The van der Waals surface area contributed by atoms with Crippen LogP contribution in [0.3, 0.4) is 0 Å². The Balaban J connectivity index is 1.58. The van der Waals surface area contributed by atoms with Crippen LogP contribution in [0.25, 0.3) is 11.2 Å². The number of benzene rings is 1. The highest BCUT2D eigenvalue weighted by Gasteiger charge is 2.44. The molecular formula is C20H24ClFN5O6P. The molecule has 0 saturated carbocycles. The summed E-state index contributed by atoms with van der Waals surface area (Å²) in [5, 5.41) is 23.9. The fourth-order valence-corrected chi connectivity index (χ4v) is 4.74. The number of nitrogens with zero attached hydrogens (tertiary/aromatic N) is 4. The van der Waals surface area contributed by atoms with Crippen LogP contribution in [0.4, 0.5) is 10.2 Å². The quantitative estimate of drug-likeness (QED) is 0.222. The highest BCUT2D eigenvalue weighted by Crippen LogP contribution is 2.38. The average Bonchev–Trinajstić information content (AvgIpc) is 3.29. The number of hydrogen-bond donors (Lipinski definition) is 5. The molecule has 1 aromatic carbocycles. The summed E-state index contributed by atoms with van der Waals surface area (Å²) in [6.07, 6.45) is -3.31. The molecule has 2 aromatic heterocycles. The van der Waals surface area contributed by atoms with E-state index in [1.807, 2.05) is 0 Å². The van der Waals surface area contributed by atoms with Gasteiger partial charge in [0.05, 0.1) is 18.5 Å². The number of fused-ring (bicyclic) bond motifs is 1. The summed E-state index contributed by atoms with van der Waals surface area (Å²) in [7, 11) is -4.18. The lowest BCUT2D eigenvalue weighted by atomic mass is 10.1. The Morgan fingerprint density at radius 3 is 2.71 bits per heavy atom. The van der Waals surface area contributed by atoms with Gasteiger partial charge in [-0.2, -0.15) is 9.97 Å². The SMILES string of the molecule is C[C@H](Nc1nc(Cl)nc2c1ncn2[C@@H]1O[C@H](CCCP(=O)(O)O)C(O)C1O)c1ccccc1F. The minimum absolute atomic E-state index is 0.103. The summed E-state index contributed by atoms with van der Waals surface area (Å²) in [6, 6.07) is 5.82. The number of halogens is 2. The number of aliphatic hydroxyl groups is 2. The van der Waals surface area contributed by atoms with Gasteiger partial charge in [0.25, 0.3) is 0 Å². The molecule has 11 nitrogen and oxygen atoms in total. The molecule has 5 N–H and O–H groups in total. The first-order chi connectivity index (χ1) is 16.0. The number of anilines is 1. The van der Waals surface area contributed by atoms with Gasteiger partial charge in [-0.05, 0) is 37.4 Å². The van der Waals surface area contributed by atoms with Crippen molar-refractivity contribution in [3.05, 3.63) is 47.3 Å². The first-order valence-electron chi connectivity index (χ1n) is 10.5. The zero-order chi connectivity index (χ0) is 24.6. The lowest BCUT2D eigenvalue weighted by Gasteiger charge is -2.18. The maximum absolute atomic E-state index is 14.2. The summed E-state index contributed by atoms with van der Waals surface area (Å²) in [5.74, 6) is -0.138. The number of imidazole rings is 1. The minimum Gasteiger partial charge on any atom is -0.388 e. The molecule has 3 heterocycles. The molecule has 3 aromatic rings. The Kier molecular flexibility index (Phi) is 7.20. The highest BCUT2D eigenvalue weighted by atomic mass is 35.5. The maximum atomic E-state index is 14.2. The van der Waals surface area contributed by atoms with Gasteiger partial charge >= 0.3 is 7.60 Å². The Morgan fingerprint density at radius 2 is 2.00 bits per heavy atom. The largest absolute Gasteiger partial charge is 0.388 e. The van der Waals surface area contributed by atoms with Gasteiger partial charge in [-0.3, -0.25) is 9.13 Å². The van der Waals surface area contributed by atoms with Gasteiger partial charge in [0.15, 0.2) is 23.2 Å². The van der Waals surface area contributed by atoms with Crippen LogP contribution in [0.15, 0.2) is 30.6 Å². The molecule has 2 unspecified atom stereocenters. The van der Waals surface area contributed by atoms with Crippen molar-refractivity contribution in [1.29, 1.82) is 0 Å². The molecule has 1 aliphatic heterocycles. The molecule has 34 heavy (non-hydrogen) atoms. The van der Waals surface area contributed by atoms with Crippen molar-refractivity contribution in [2.75, 3.05) is 11.5 Å². The van der Waals surface area contributed by atoms with Crippen molar-refractivity contribution < 1.29 is 33.7 Å². The van der Waals surface area contributed by atoms with Crippen LogP contribution in [0, 0.1) is 5.82 Å². The van der Waals surface area contributed by atoms with Crippen LogP contribution in [0.2, 0.25) is 5.28 Å². The molecule has 1 aliphatic rings. The summed E-state index contributed by atoms with van der Waals surface area (Å²) in [6.45, 7) is 1.75. The normalized spacial score (nSPS) is 24.0. The van der Waals surface area contributed by atoms with Crippen LogP contribution in [0.1, 0.15) is 37.6 Å². The summed E-state index contributed by atoms with van der Waals surface area (Å²) >= 11 is 6.12. The van der Waals surface area contributed by atoms with Crippen molar-refractivity contribution in [2.24, 2.45) is 0 Å². The smallest absolute Gasteiger partial charge is 0.325 e. The molecule has 4 rings (SSSR count). The third kappa shape index (κ3) is 5.23. The van der Waals surface area contributed by atoms with Crippen LogP contribution in [0.5, 0.6) is 0 Å². The van der Waals surface area contributed by atoms with Crippen LogP contribution < -0.4 is 5.32 Å². The second-order valence-corrected chi connectivity index (χ2v) is 10.2. The third-order valence-corrected chi connectivity index (χ3v) is 6.74. The van der Waals surface area contributed by atoms with E-state index in [1.54, 1.807) is 25.1 Å². The predicted octanol–water partition coefficient (Wildman–Crippen LogP) is 2.37. The Hall–Kier alpha value is -2.18. The van der Waals surface area contributed by atoms with Crippen molar-refractivity contribution in [3.63, 3.8) is 0 Å². The van der Waals surface area contributed by atoms with Gasteiger partial charge in [0.2, 0.25) is 5.28 Å². The van der Waals surface area contributed by atoms with Gasteiger partial charge in [-0.15, -0.1) is 0 Å². The highest BCUT2D eigenvalue weighted by molar-refractivity contribution is 7.51. The van der Waals surface area contributed by atoms with Crippen molar-refractivity contribution >= 4 is 36.2 Å². The molecule has 0 radical (unpaired) electrons. The van der Waals surface area contributed by atoms with Crippen LogP contribution in [-0.4, -0.2) is 64.0 Å². The van der Waals surface area contributed by atoms with Gasteiger partial charge < -0.3 is 30.1 Å². The molecule has 0 spiro atoms. The fraction of sp³-hybridized carbons (Fsp3) is 0.450. The van der Waals surface area contributed by atoms with E-state index in [-0.39, 0.29) is 41.6 Å². The topological polar surface area (TPSA) is 163 Å². The molecule has 1 fully saturated rings. The minimum atomic E-state index is -4.18. The van der Waals surface area contributed by atoms with Crippen LogP contribution >= 0.6 is 19.2 Å². The fourth-order valence-electron chi connectivity index (χ4n) is 3.98. The maximum Gasteiger partial charge on any atom is 0.325 e. The number of hydrogen-bond acceptors (Lipinski definition) is 8. The predicted molar refractivity (Wildman–Crippen MR) is 121 cm³/mol. The Bertz CT molecular complexity index is 1230. The molecule has 5 atom stereocenters. The molecule has 0 amide bonds. The van der Waals surface area contributed by atoms with Crippen molar-refractivity contribution in [3.8, 4) is 0 Å². The monoisotopic (exact) mass is 515 g/mol. The first-order valence-corrected chi connectivity index (χ1v) is 12.7. The van der Waals surface area contributed by atoms with Gasteiger partial charge in [0, 0.05) is 11.7 Å². The van der Waals surface area contributed by atoms with E-state index in [0.29, 0.717) is 11.1 Å². The second kappa shape index (κ2) is 9.82. The van der Waals surface area contributed by atoms with Gasteiger partial charge in [-0.1, -0.05) is 18.2 Å². The molecule has 184 valence electrons. The van der Waals surface area contributed by atoms with E-state index in [4.69, 9.17) is 26.1 Å². The molecule has 1 saturated heterocycles. The summed E-state index contributed by atoms with van der Waals surface area (Å²) in [4.78, 5) is 30.7. The van der Waals surface area contributed by atoms with Crippen molar-refractivity contribution in [2.45, 2.75) is 50.3 Å². The van der Waals surface area contributed by atoms with E-state index in [1.165, 1.54) is 17.0 Å². The van der Waals surface area contributed by atoms with E-state index in [2.05, 4.69) is 20.3 Å². The molecular weight excluding hydrogens is 492 g/mol. The van der Waals surface area contributed by atoms with Gasteiger partial charge in [0.1, 0.15) is 18.0 Å². The van der Waals surface area contributed by atoms with E-state index >= 15 is 0 Å². The second-order valence-electron chi connectivity index (χ2n) is 8.13. The molecule has 14 heteroatoms.